The monoisotopic (exact) mass is 292 g/mol. The first-order chi connectivity index (χ1) is 7.76. The predicted octanol–water partition coefficient (Wildman–Crippen LogP) is 1.69. The molecular weight excluding hydrogens is 272 g/mol. The quantitative estimate of drug-likeness (QED) is 0.867. The number of nitrogens with two attached hydrogens (primary N) is 1. The highest BCUT2D eigenvalue weighted by molar-refractivity contribution is 7.89. The summed E-state index contributed by atoms with van der Waals surface area (Å²) in [7, 11) is -3.47. The fraction of sp³-hybridized carbons (Fsp3) is 0.500. The van der Waals surface area contributed by atoms with Gasteiger partial charge < -0.3 is 5.73 Å². The third kappa shape index (κ3) is 4.94. The van der Waals surface area contributed by atoms with Crippen LogP contribution in [0, 0.1) is 0 Å². The Bertz CT molecular complexity index is 481. The number of rotatable bonds is 5. The number of hydrogen-bond donors (Lipinski definition) is 2. The molecule has 18 heavy (non-hydrogen) atoms. The number of aryl methyl sites for hydroxylation is 1. The molecule has 0 atom stereocenters. The van der Waals surface area contributed by atoms with Crippen LogP contribution in [-0.2, 0) is 16.4 Å². The number of benzene rings is 1. The van der Waals surface area contributed by atoms with Gasteiger partial charge in [-0.1, -0.05) is 25.1 Å². The van der Waals surface area contributed by atoms with Crippen LogP contribution in [-0.4, -0.2) is 20.5 Å². The van der Waals surface area contributed by atoms with Crippen molar-refractivity contribution in [1.82, 2.24) is 4.72 Å². The summed E-state index contributed by atoms with van der Waals surface area (Å²) in [5.74, 6) is 0. The summed E-state index contributed by atoms with van der Waals surface area (Å²) in [6, 6.07) is 7.00. The van der Waals surface area contributed by atoms with Crippen LogP contribution in [0.3, 0.4) is 0 Å². The first kappa shape index (κ1) is 17.4. The molecule has 0 unspecified atom stereocenters. The van der Waals surface area contributed by atoms with Gasteiger partial charge in [-0.3, -0.25) is 0 Å². The van der Waals surface area contributed by atoms with E-state index in [9.17, 15) is 8.42 Å². The maximum Gasteiger partial charge on any atom is 0.240 e. The maximum atomic E-state index is 12.1. The molecule has 4 nitrogen and oxygen atoms in total. The van der Waals surface area contributed by atoms with Gasteiger partial charge >= 0.3 is 0 Å². The van der Waals surface area contributed by atoms with Crippen LogP contribution in [0.25, 0.3) is 0 Å². The molecule has 0 spiro atoms. The van der Waals surface area contributed by atoms with Crippen molar-refractivity contribution in [3.8, 4) is 0 Å². The van der Waals surface area contributed by atoms with E-state index in [0.29, 0.717) is 11.3 Å². The van der Waals surface area contributed by atoms with Gasteiger partial charge in [-0.25, -0.2) is 13.1 Å². The molecule has 0 amide bonds. The van der Waals surface area contributed by atoms with Gasteiger partial charge in [-0.05, 0) is 31.9 Å². The van der Waals surface area contributed by atoms with Crippen LogP contribution >= 0.6 is 12.4 Å². The second-order valence-corrected chi connectivity index (χ2v) is 6.51. The Morgan fingerprint density at radius 1 is 1.28 bits per heavy atom. The van der Waals surface area contributed by atoms with E-state index in [4.69, 9.17) is 5.73 Å². The fourth-order valence-corrected chi connectivity index (χ4v) is 2.95. The zero-order chi connectivity index (χ0) is 13.1. The Kier molecular flexibility index (Phi) is 6.29. The van der Waals surface area contributed by atoms with Gasteiger partial charge in [0.05, 0.1) is 4.90 Å². The molecule has 104 valence electrons. The van der Waals surface area contributed by atoms with Gasteiger partial charge in [-0.2, -0.15) is 0 Å². The third-order valence-corrected chi connectivity index (χ3v) is 3.86. The molecule has 3 N–H and O–H groups in total. The molecule has 0 saturated carbocycles. The van der Waals surface area contributed by atoms with E-state index in [0.717, 1.165) is 5.56 Å². The molecule has 0 fully saturated rings. The average molecular weight is 293 g/mol. The van der Waals surface area contributed by atoms with Crippen molar-refractivity contribution in [3.63, 3.8) is 0 Å². The van der Waals surface area contributed by atoms with Gasteiger partial charge in [0.15, 0.2) is 0 Å². The van der Waals surface area contributed by atoms with E-state index in [2.05, 4.69) is 4.72 Å². The topological polar surface area (TPSA) is 72.2 Å². The van der Waals surface area contributed by atoms with E-state index in [-0.39, 0.29) is 19.0 Å². The molecule has 0 saturated heterocycles. The van der Waals surface area contributed by atoms with Crippen molar-refractivity contribution < 1.29 is 8.42 Å². The maximum absolute atomic E-state index is 12.1. The molecule has 0 bridgehead atoms. The van der Waals surface area contributed by atoms with E-state index in [1.165, 1.54) is 0 Å². The molecule has 1 rings (SSSR count). The Hall–Kier alpha value is -0.620. The summed E-state index contributed by atoms with van der Waals surface area (Å²) in [6.07, 6.45) is 0.684. The molecule has 0 heterocycles. The third-order valence-electron chi connectivity index (χ3n) is 2.36. The van der Waals surface area contributed by atoms with Crippen LogP contribution < -0.4 is 10.5 Å². The van der Waals surface area contributed by atoms with Gasteiger partial charge in [-0.15, -0.1) is 12.4 Å². The van der Waals surface area contributed by atoms with E-state index < -0.39 is 15.6 Å². The second kappa shape index (κ2) is 6.52. The number of nitrogens with one attached hydrogen (secondary N) is 1. The minimum Gasteiger partial charge on any atom is -0.324 e. The van der Waals surface area contributed by atoms with Crippen LogP contribution in [0.2, 0.25) is 0 Å². The zero-order valence-corrected chi connectivity index (χ0v) is 12.6. The summed E-state index contributed by atoms with van der Waals surface area (Å²) in [4.78, 5) is 0.340. The molecule has 6 heteroatoms. The van der Waals surface area contributed by atoms with Crippen molar-refractivity contribution in [2.45, 2.75) is 37.6 Å². The number of halogens is 1. The van der Waals surface area contributed by atoms with E-state index in [1.807, 2.05) is 19.1 Å². The SMILES string of the molecule is CCc1ccccc1S(=O)(=O)NCC(C)(C)N.Cl. The van der Waals surface area contributed by atoms with Gasteiger partial charge in [0.25, 0.3) is 0 Å². The van der Waals surface area contributed by atoms with Crippen LogP contribution in [0.4, 0.5) is 0 Å². The lowest BCUT2D eigenvalue weighted by molar-refractivity contribution is 0.497. The van der Waals surface area contributed by atoms with Crippen LogP contribution in [0.1, 0.15) is 26.3 Å². The van der Waals surface area contributed by atoms with Gasteiger partial charge in [0.2, 0.25) is 10.0 Å². The van der Waals surface area contributed by atoms with Crippen LogP contribution in [0.5, 0.6) is 0 Å². The molecular formula is C12H21ClN2O2S. The molecule has 0 aliphatic carbocycles. The van der Waals surface area contributed by atoms with Crippen molar-refractivity contribution in [2.75, 3.05) is 6.54 Å². The van der Waals surface area contributed by atoms with Crippen molar-refractivity contribution in [1.29, 1.82) is 0 Å². The Morgan fingerprint density at radius 3 is 2.33 bits per heavy atom. The highest BCUT2D eigenvalue weighted by Crippen LogP contribution is 2.15. The lowest BCUT2D eigenvalue weighted by atomic mass is 10.1. The standard InChI is InChI=1S/C12H20N2O2S.ClH/c1-4-10-7-5-6-8-11(10)17(15,16)14-9-12(2,3)13;/h5-8,14H,4,9,13H2,1-3H3;1H. The molecule has 1 aromatic carbocycles. The van der Waals surface area contributed by atoms with Gasteiger partial charge in [0.1, 0.15) is 0 Å². The minimum atomic E-state index is -3.47. The Balaban J connectivity index is 0.00000289. The number of sulfonamides is 1. The highest BCUT2D eigenvalue weighted by atomic mass is 35.5. The summed E-state index contributed by atoms with van der Waals surface area (Å²) in [5.41, 5.74) is 6.02. The first-order valence-electron chi connectivity index (χ1n) is 5.63. The molecule has 0 radical (unpaired) electrons. The molecule has 0 aliphatic rings. The second-order valence-electron chi connectivity index (χ2n) is 4.77. The van der Waals surface area contributed by atoms with Crippen LogP contribution in [0.15, 0.2) is 29.2 Å². The Labute approximate surface area is 115 Å². The van der Waals surface area contributed by atoms with E-state index >= 15 is 0 Å². The summed E-state index contributed by atoms with van der Waals surface area (Å²) >= 11 is 0. The van der Waals surface area contributed by atoms with Crippen molar-refractivity contribution in [3.05, 3.63) is 29.8 Å². The lowest BCUT2D eigenvalue weighted by Gasteiger charge is -2.19. The fourth-order valence-electron chi connectivity index (χ4n) is 1.42. The molecule has 0 aliphatic heterocycles. The minimum absolute atomic E-state index is 0. The summed E-state index contributed by atoms with van der Waals surface area (Å²) in [5, 5.41) is 0. The first-order valence-corrected chi connectivity index (χ1v) is 7.11. The van der Waals surface area contributed by atoms with Crippen molar-refractivity contribution >= 4 is 22.4 Å². The Morgan fingerprint density at radius 2 is 1.83 bits per heavy atom. The van der Waals surface area contributed by atoms with Gasteiger partial charge in [0, 0.05) is 12.1 Å². The van der Waals surface area contributed by atoms with Crippen molar-refractivity contribution in [2.24, 2.45) is 5.73 Å². The largest absolute Gasteiger partial charge is 0.324 e. The molecule has 1 aromatic rings. The number of hydrogen-bond acceptors (Lipinski definition) is 3. The van der Waals surface area contributed by atoms with E-state index in [1.54, 1.807) is 26.0 Å². The summed E-state index contributed by atoms with van der Waals surface area (Å²) < 4.78 is 26.7. The average Bonchev–Trinajstić information content (AvgIpc) is 2.26. The molecule has 0 aromatic heterocycles. The lowest BCUT2D eigenvalue weighted by Crippen LogP contribution is -2.45. The predicted molar refractivity (Wildman–Crippen MR) is 76.5 cm³/mol. The zero-order valence-electron chi connectivity index (χ0n) is 10.9. The summed E-state index contributed by atoms with van der Waals surface area (Å²) in [6.45, 7) is 5.71. The smallest absolute Gasteiger partial charge is 0.240 e. The normalized spacial score (nSPS) is 12.0. The highest BCUT2D eigenvalue weighted by Gasteiger charge is 2.20.